The molecule has 0 heterocycles. The molecule has 0 aliphatic carbocycles. The third-order valence-corrected chi connectivity index (χ3v) is 2.92. The number of methoxy groups -OCH3 is 1. The van der Waals surface area contributed by atoms with Gasteiger partial charge >= 0.3 is 11.9 Å². The molecule has 0 fully saturated rings. The maximum atomic E-state index is 11.0. The van der Waals surface area contributed by atoms with E-state index in [0.717, 1.165) is 0 Å². The summed E-state index contributed by atoms with van der Waals surface area (Å²) < 4.78 is 35.7. The second kappa shape index (κ2) is 20.1. The molecule has 0 radical (unpaired) electrons. The Hall–Kier alpha value is -1.26. The molecular formula is C17H32O9. The van der Waals surface area contributed by atoms with E-state index in [1.165, 1.54) is 7.11 Å². The Balaban J connectivity index is 3.07. The number of carbonyl (C=O) groups excluding carboxylic acids is 2. The lowest BCUT2D eigenvalue weighted by molar-refractivity contribution is -0.144. The van der Waals surface area contributed by atoms with Gasteiger partial charge in [-0.25, -0.2) is 0 Å². The van der Waals surface area contributed by atoms with Crippen molar-refractivity contribution in [2.75, 3.05) is 79.8 Å². The van der Waals surface area contributed by atoms with Crippen LogP contribution >= 0.6 is 0 Å². The molecule has 0 bridgehead atoms. The SMILES string of the molecule is CCOC(=O)CCOCCOCCOCCOCCOCCC(=O)OC. The summed E-state index contributed by atoms with van der Waals surface area (Å²) in [5.74, 6) is -0.540. The Morgan fingerprint density at radius 1 is 0.577 bits per heavy atom. The highest BCUT2D eigenvalue weighted by atomic mass is 16.6. The quantitative estimate of drug-likeness (QED) is 0.235. The van der Waals surface area contributed by atoms with Crippen LogP contribution in [0, 0.1) is 0 Å². The van der Waals surface area contributed by atoms with Gasteiger partial charge in [-0.1, -0.05) is 0 Å². The molecule has 154 valence electrons. The second-order valence-corrected chi connectivity index (χ2v) is 4.94. The van der Waals surface area contributed by atoms with E-state index in [1.54, 1.807) is 6.92 Å². The summed E-state index contributed by atoms with van der Waals surface area (Å²) in [5, 5.41) is 0. The van der Waals surface area contributed by atoms with E-state index in [4.69, 9.17) is 28.4 Å². The number of hydrogen-bond donors (Lipinski definition) is 0. The highest BCUT2D eigenvalue weighted by molar-refractivity contribution is 5.69. The lowest BCUT2D eigenvalue weighted by Gasteiger charge is -2.08. The lowest BCUT2D eigenvalue weighted by Crippen LogP contribution is -2.14. The minimum Gasteiger partial charge on any atom is -0.469 e. The maximum absolute atomic E-state index is 11.0. The zero-order valence-electron chi connectivity index (χ0n) is 15.9. The molecule has 9 heteroatoms. The molecule has 0 aromatic carbocycles. The molecule has 0 unspecified atom stereocenters. The number of ether oxygens (including phenoxy) is 7. The molecule has 0 saturated heterocycles. The van der Waals surface area contributed by atoms with Gasteiger partial charge in [0.15, 0.2) is 0 Å². The molecule has 0 aromatic rings. The standard InChI is InChI=1S/C17H32O9/c1-3-26-17(19)5-7-22-9-11-24-13-15-25-14-12-23-10-8-21-6-4-16(18)20-2/h3-15H2,1-2H3. The summed E-state index contributed by atoms with van der Waals surface area (Å²) >= 11 is 0. The predicted molar refractivity (Wildman–Crippen MR) is 92.0 cm³/mol. The van der Waals surface area contributed by atoms with E-state index < -0.39 is 0 Å². The summed E-state index contributed by atoms with van der Waals surface area (Å²) in [5.41, 5.74) is 0. The first kappa shape index (κ1) is 24.7. The van der Waals surface area contributed by atoms with Crippen molar-refractivity contribution in [1.82, 2.24) is 0 Å². The molecule has 0 rings (SSSR count). The molecule has 0 aromatic heterocycles. The fourth-order valence-electron chi connectivity index (χ4n) is 1.63. The molecule has 0 atom stereocenters. The topological polar surface area (TPSA) is 98.8 Å². The van der Waals surface area contributed by atoms with Gasteiger partial charge in [-0.3, -0.25) is 9.59 Å². The predicted octanol–water partition coefficient (Wildman–Crippen LogP) is 0.586. The largest absolute Gasteiger partial charge is 0.469 e. The average Bonchev–Trinajstić information content (AvgIpc) is 2.64. The van der Waals surface area contributed by atoms with E-state index in [0.29, 0.717) is 72.7 Å². The Labute approximate surface area is 155 Å². The molecule has 0 saturated carbocycles. The van der Waals surface area contributed by atoms with Gasteiger partial charge in [0.2, 0.25) is 0 Å². The summed E-state index contributed by atoms with van der Waals surface area (Å²) in [4.78, 5) is 21.9. The molecule has 0 amide bonds. The molecule has 9 nitrogen and oxygen atoms in total. The van der Waals surface area contributed by atoms with Crippen molar-refractivity contribution < 1.29 is 42.7 Å². The summed E-state index contributed by atoms with van der Waals surface area (Å²) in [6.45, 7) is 6.46. The molecule has 0 aliphatic heterocycles. The van der Waals surface area contributed by atoms with Crippen LogP contribution in [0.5, 0.6) is 0 Å². The number of carbonyl (C=O) groups is 2. The molecule has 0 N–H and O–H groups in total. The molecule has 0 aliphatic rings. The molecule has 0 spiro atoms. The first-order valence-corrected chi connectivity index (χ1v) is 8.81. The van der Waals surface area contributed by atoms with Gasteiger partial charge in [-0.15, -0.1) is 0 Å². The number of hydrogen-bond acceptors (Lipinski definition) is 9. The third-order valence-electron chi connectivity index (χ3n) is 2.92. The van der Waals surface area contributed by atoms with Crippen LogP contribution in [0.3, 0.4) is 0 Å². The zero-order chi connectivity index (χ0) is 19.3. The zero-order valence-corrected chi connectivity index (χ0v) is 15.9. The van der Waals surface area contributed by atoms with Crippen molar-refractivity contribution in [3.63, 3.8) is 0 Å². The van der Waals surface area contributed by atoms with Crippen LogP contribution in [0.2, 0.25) is 0 Å². The van der Waals surface area contributed by atoms with Gasteiger partial charge in [0.25, 0.3) is 0 Å². The van der Waals surface area contributed by atoms with Gasteiger partial charge in [-0.05, 0) is 6.92 Å². The fraction of sp³-hybridized carbons (Fsp3) is 0.882. The Morgan fingerprint density at radius 2 is 0.923 bits per heavy atom. The normalized spacial score (nSPS) is 10.7. The monoisotopic (exact) mass is 380 g/mol. The van der Waals surface area contributed by atoms with E-state index in [-0.39, 0.29) is 24.8 Å². The fourth-order valence-corrected chi connectivity index (χ4v) is 1.63. The first-order chi connectivity index (χ1) is 12.7. The lowest BCUT2D eigenvalue weighted by atomic mass is 10.5. The highest BCUT2D eigenvalue weighted by Crippen LogP contribution is 1.89. The van der Waals surface area contributed by atoms with Crippen LogP contribution in [-0.4, -0.2) is 91.7 Å². The van der Waals surface area contributed by atoms with Crippen LogP contribution < -0.4 is 0 Å². The third kappa shape index (κ3) is 19.1. The van der Waals surface area contributed by atoms with Gasteiger partial charge in [-0.2, -0.15) is 0 Å². The molecular weight excluding hydrogens is 348 g/mol. The first-order valence-electron chi connectivity index (χ1n) is 8.81. The van der Waals surface area contributed by atoms with Crippen LogP contribution in [0.15, 0.2) is 0 Å². The number of esters is 2. The van der Waals surface area contributed by atoms with Crippen molar-refractivity contribution in [3.8, 4) is 0 Å². The van der Waals surface area contributed by atoms with Gasteiger partial charge < -0.3 is 33.2 Å². The highest BCUT2D eigenvalue weighted by Gasteiger charge is 2.01. The van der Waals surface area contributed by atoms with Crippen molar-refractivity contribution in [2.24, 2.45) is 0 Å². The second-order valence-electron chi connectivity index (χ2n) is 4.94. The maximum Gasteiger partial charge on any atom is 0.308 e. The number of rotatable bonds is 19. The van der Waals surface area contributed by atoms with Crippen molar-refractivity contribution in [3.05, 3.63) is 0 Å². The van der Waals surface area contributed by atoms with Crippen LogP contribution in [0.4, 0.5) is 0 Å². The van der Waals surface area contributed by atoms with E-state index >= 15 is 0 Å². The molecule has 26 heavy (non-hydrogen) atoms. The van der Waals surface area contributed by atoms with E-state index in [9.17, 15) is 9.59 Å². The van der Waals surface area contributed by atoms with Crippen LogP contribution in [0.1, 0.15) is 19.8 Å². The van der Waals surface area contributed by atoms with Crippen molar-refractivity contribution in [1.29, 1.82) is 0 Å². The summed E-state index contributed by atoms with van der Waals surface area (Å²) in [6.07, 6.45) is 0.503. The summed E-state index contributed by atoms with van der Waals surface area (Å²) in [7, 11) is 1.35. The minimum atomic E-state index is -0.287. The van der Waals surface area contributed by atoms with Crippen LogP contribution in [0.25, 0.3) is 0 Å². The van der Waals surface area contributed by atoms with Crippen molar-refractivity contribution in [2.45, 2.75) is 19.8 Å². The average molecular weight is 380 g/mol. The minimum absolute atomic E-state index is 0.246. The Morgan fingerprint density at radius 3 is 1.27 bits per heavy atom. The Bertz CT molecular complexity index is 336. The Kier molecular flexibility index (Phi) is 19.1. The van der Waals surface area contributed by atoms with Crippen LogP contribution in [-0.2, 0) is 42.7 Å². The van der Waals surface area contributed by atoms with E-state index in [2.05, 4.69) is 4.74 Å². The smallest absolute Gasteiger partial charge is 0.308 e. The van der Waals surface area contributed by atoms with E-state index in [1.807, 2.05) is 0 Å². The van der Waals surface area contributed by atoms with Gasteiger partial charge in [0.1, 0.15) is 0 Å². The van der Waals surface area contributed by atoms with Gasteiger partial charge in [0.05, 0.1) is 92.6 Å². The van der Waals surface area contributed by atoms with Gasteiger partial charge in [0, 0.05) is 0 Å². The summed E-state index contributed by atoms with van der Waals surface area (Å²) in [6, 6.07) is 0. The van der Waals surface area contributed by atoms with Crippen molar-refractivity contribution >= 4 is 11.9 Å².